The van der Waals surface area contributed by atoms with Gasteiger partial charge in [-0.1, -0.05) is 140 Å². The molecule has 260 valence electrons. The molecule has 0 radical (unpaired) electrons. The molecule has 0 aliphatic carbocycles. The zero-order valence-corrected chi connectivity index (χ0v) is 29.0. The zero-order chi connectivity index (χ0) is 36.8. The summed E-state index contributed by atoms with van der Waals surface area (Å²) in [5.74, 6) is -2.24. The first-order valence-electron chi connectivity index (χ1n) is 17.7. The van der Waals surface area contributed by atoms with Crippen LogP contribution in [0.15, 0.2) is 182 Å². The molecule has 9 rings (SSSR count). The van der Waals surface area contributed by atoms with E-state index < -0.39 is 23.0 Å². The van der Waals surface area contributed by atoms with Crippen LogP contribution in [0.3, 0.4) is 0 Å². The van der Waals surface area contributed by atoms with Crippen LogP contribution in [0.1, 0.15) is 0 Å². The molecule has 0 saturated carbocycles. The highest BCUT2D eigenvalue weighted by Gasteiger charge is 2.30. The third-order valence-electron chi connectivity index (χ3n) is 10.1. The fraction of sp³-hybridized carbons (Fsp3) is 0. The lowest BCUT2D eigenvalue weighted by Crippen LogP contribution is -2.11. The van der Waals surface area contributed by atoms with Crippen molar-refractivity contribution in [2.24, 2.45) is 0 Å². The minimum atomic E-state index is -0.572. The minimum absolute atomic E-state index is 0.0641. The van der Waals surface area contributed by atoms with Gasteiger partial charge in [-0.3, -0.25) is 0 Å². The first kappa shape index (κ1) is 32.5. The predicted molar refractivity (Wildman–Crippen MR) is 218 cm³/mol. The SMILES string of the molecule is Oc1c(O)c(N(c2ccc(-c3ccccc3)cc2)c2ccc(-c3ccccc3-n3c4ccccc4c4ccccc43)cc2)c(O)c(O)c1-c1ccccc1. The average molecular weight is 703 g/mol. The second-order valence-corrected chi connectivity index (χ2v) is 13.2. The van der Waals surface area contributed by atoms with Crippen LogP contribution in [-0.2, 0) is 0 Å². The normalized spacial score (nSPS) is 11.3. The van der Waals surface area contributed by atoms with Crippen molar-refractivity contribution in [1.82, 2.24) is 4.57 Å². The molecular weight excluding hydrogens is 669 g/mol. The molecule has 0 amide bonds. The van der Waals surface area contributed by atoms with Gasteiger partial charge in [-0.2, -0.15) is 0 Å². The van der Waals surface area contributed by atoms with Gasteiger partial charge in [0.05, 0.1) is 22.3 Å². The molecule has 0 saturated heterocycles. The number of benzene rings is 8. The smallest absolute Gasteiger partial charge is 0.186 e. The van der Waals surface area contributed by atoms with Crippen LogP contribution in [0.4, 0.5) is 17.1 Å². The van der Waals surface area contributed by atoms with E-state index in [1.54, 1.807) is 35.2 Å². The highest BCUT2D eigenvalue weighted by atomic mass is 16.3. The molecule has 1 heterocycles. The molecule has 0 bridgehead atoms. The molecule has 54 heavy (non-hydrogen) atoms. The minimum Gasteiger partial charge on any atom is -0.504 e. The Hall–Kier alpha value is -7.44. The first-order chi connectivity index (χ1) is 26.5. The Kier molecular flexibility index (Phi) is 7.98. The van der Waals surface area contributed by atoms with Crippen LogP contribution in [0, 0.1) is 0 Å². The molecule has 6 nitrogen and oxygen atoms in total. The van der Waals surface area contributed by atoms with Crippen LogP contribution in [0.25, 0.3) is 60.9 Å². The number of aromatic hydroxyl groups is 4. The van der Waals surface area contributed by atoms with Crippen LogP contribution < -0.4 is 4.90 Å². The van der Waals surface area contributed by atoms with Gasteiger partial charge in [0.2, 0.25) is 0 Å². The van der Waals surface area contributed by atoms with Gasteiger partial charge in [0.25, 0.3) is 0 Å². The quantitative estimate of drug-likeness (QED) is 0.0981. The lowest BCUT2D eigenvalue weighted by atomic mass is 9.99. The number of hydrogen-bond acceptors (Lipinski definition) is 5. The van der Waals surface area contributed by atoms with Gasteiger partial charge >= 0.3 is 0 Å². The average Bonchev–Trinajstić information content (AvgIpc) is 3.57. The Bertz CT molecular complexity index is 2710. The second kappa shape index (κ2) is 13.3. The topological polar surface area (TPSA) is 89.1 Å². The van der Waals surface area contributed by atoms with Crippen LogP contribution in [0.5, 0.6) is 23.0 Å². The van der Waals surface area contributed by atoms with Gasteiger partial charge in [0, 0.05) is 27.7 Å². The zero-order valence-electron chi connectivity index (χ0n) is 29.0. The van der Waals surface area contributed by atoms with Crippen molar-refractivity contribution in [2.75, 3.05) is 4.90 Å². The lowest BCUT2D eigenvalue weighted by molar-refractivity contribution is 0.377. The third-order valence-corrected chi connectivity index (χ3v) is 10.1. The van der Waals surface area contributed by atoms with E-state index in [0.29, 0.717) is 16.9 Å². The second-order valence-electron chi connectivity index (χ2n) is 13.2. The maximum absolute atomic E-state index is 11.7. The summed E-state index contributed by atoms with van der Waals surface area (Å²) >= 11 is 0. The van der Waals surface area contributed by atoms with E-state index in [4.69, 9.17) is 0 Å². The molecule has 1 aromatic heterocycles. The molecule has 6 heteroatoms. The number of rotatable bonds is 7. The van der Waals surface area contributed by atoms with Crippen LogP contribution in [0.2, 0.25) is 0 Å². The highest BCUT2D eigenvalue weighted by Crippen LogP contribution is 2.58. The lowest BCUT2D eigenvalue weighted by Gasteiger charge is -2.28. The standard InChI is InChI=1S/C48H34N2O4/c51-45-43(34-15-5-2-6-16-34)46(52)48(54)44(47(45)53)49(35-27-23-32(24-28-35)31-13-3-1-4-14-31)36-29-25-33(26-30-36)37-17-7-10-20-40(37)50-41-21-11-8-18-38(41)39-19-9-12-22-42(39)50/h1-30,51-54H. The number of fused-ring (bicyclic) bond motifs is 3. The number of aromatic nitrogens is 1. The summed E-state index contributed by atoms with van der Waals surface area (Å²) in [7, 11) is 0. The van der Waals surface area contributed by atoms with Crippen LogP contribution in [-0.4, -0.2) is 25.0 Å². The van der Waals surface area contributed by atoms with Crippen molar-refractivity contribution in [3.63, 3.8) is 0 Å². The fourth-order valence-corrected chi connectivity index (χ4v) is 7.50. The number of hydrogen-bond donors (Lipinski definition) is 4. The molecule has 0 aliphatic rings. The van der Waals surface area contributed by atoms with E-state index in [-0.39, 0.29) is 11.3 Å². The van der Waals surface area contributed by atoms with Crippen molar-refractivity contribution in [2.45, 2.75) is 0 Å². The molecular formula is C48H34N2O4. The number of anilines is 3. The van der Waals surface area contributed by atoms with Gasteiger partial charge in [0.15, 0.2) is 23.0 Å². The van der Waals surface area contributed by atoms with Crippen molar-refractivity contribution < 1.29 is 20.4 Å². The summed E-state index contributed by atoms with van der Waals surface area (Å²) in [5, 5.41) is 48.4. The van der Waals surface area contributed by atoms with E-state index in [0.717, 1.165) is 39.0 Å². The summed E-state index contributed by atoms with van der Waals surface area (Å²) < 4.78 is 2.30. The molecule has 0 spiro atoms. The Morgan fingerprint density at radius 3 is 1.33 bits per heavy atom. The molecule has 0 unspecified atom stereocenters. The first-order valence-corrected chi connectivity index (χ1v) is 17.7. The Balaban J connectivity index is 1.19. The van der Waals surface area contributed by atoms with Crippen LogP contribution >= 0.6 is 0 Å². The van der Waals surface area contributed by atoms with Gasteiger partial charge in [-0.15, -0.1) is 0 Å². The van der Waals surface area contributed by atoms with E-state index in [2.05, 4.69) is 65.2 Å². The molecule has 0 atom stereocenters. The fourth-order valence-electron chi connectivity index (χ4n) is 7.50. The van der Waals surface area contributed by atoms with E-state index in [9.17, 15) is 20.4 Å². The van der Waals surface area contributed by atoms with Gasteiger partial charge < -0.3 is 29.9 Å². The summed E-state index contributed by atoms with van der Waals surface area (Å²) in [6.45, 7) is 0. The molecule has 9 aromatic rings. The largest absolute Gasteiger partial charge is 0.504 e. The summed E-state index contributed by atoms with van der Waals surface area (Å²) in [4.78, 5) is 1.64. The number of phenols is 4. The number of para-hydroxylation sites is 3. The van der Waals surface area contributed by atoms with Gasteiger partial charge in [-0.05, 0) is 64.7 Å². The maximum Gasteiger partial charge on any atom is 0.186 e. The van der Waals surface area contributed by atoms with Gasteiger partial charge in [-0.25, -0.2) is 0 Å². The van der Waals surface area contributed by atoms with Crippen molar-refractivity contribution in [1.29, 1.82) is 0 Å². The molecule has 0 fully saturated rings. The van der Waals surface area contributed by atoms with E-state index in [1.165, 1.54) is 10.8 Å². The van der Waals surface area contributed by atoms with Crippen molar-refractivity contribution in [3.05, 3.63) is 182 Å². The monoisotopic (exact) mass is 702 g/mol. The summed E-state index contributed by atoms with van der Waals surface area (Å²) in [5.41, 5.74) is 8.62. The van der Waals surface area contributed by atoms with E-state index in [1.807, 2.05) is 91.0 Å². The predicted octanol–water partition coefficient (Wildman–Crippen LogP) is 12.1. The Morgan fingerprint density at radius 1 is 0.352 bits per heavy atom. The number of phenolic OH excluding ortho intramolecular Hbond substituents is 4. The number of nitrogens with zero attached hydrogens (tertiary/aromatic N) is 2. The summed E-state index contributed by atoms with van der Waals surface area (Å²) in [6, 6.07) is 59.3. The Morgan fingerprint density at radius 2 is 0.778 bits per heavy atom. The summed E-state index contributed by atoms with van der Waals surface area (Å²) in [6.07, 6.45) is 0. The molecule has 8 aromatic carbocycles. The Labute approximate surface area is 311 Å². The highest BCUT2D eigenvalue weighted by molar-refractivity contribution is 6.09. The van der Waals surface area contributed by atoms with E-state index >= 15 is 0 Å². The third kappa shape index (κ3) is 5.36. The molecule has 0 aliphatic heterocycles. The van der Waals surface area contributed by atoms with Crippen molar-refractivity contribution in [3.8, 4) is 62.1 Å². The van der Waals surface area contributed by atoms with Crippen molar-refractivity contribution >= 4 is 38.9 Å². The maximum atomic E-state index is 11.7. The van der Waals surface area contributed by atoms with Gasteiger partial charge in [0.1, 0.15) is 5.69 Å². The molecule has 4 N–H and O–H groups in total.